The van der Waals surface area contributed by atoms with Crippen LogP contribution in [0.5, 0.6) is 5.88 Å². The zero-order valence-corrected chi connectivity index (χ0v) is 22.0. The van der Waals surface area contributed by atoms with E-state index in [0.717, 1.165) is 47.7 Å². The molecular weight excluding hydrogens is 474 g/mol. The first-order valence-electron chi connectivity index (χ1n) is 13.1. The number of anilines is 1. The number of ether oxygens (including phenoxy) is 1. The molecule has 3 fully saturated rings. The maximum Gasteiger partial charge on any atom is 0.212 e. The number of rotatable bonds is 7. The zero-order chi connectivity index (χ0) is 26.2. The molecule has 7 rings (SSSR count). The fraction of sp³-hybridized carbons (Fsp3) is 0.333. The van der Waals surface area contributed by atoms with Gasteiger partial charge in [0.15, 0.2) is 0 Å². The molecule has 4 aromatic heterocycles. The maximum absolute atomic E-state index is 9.67. The van der Waals surface area contributed by atoms with Crippen LogP contribution in [0.1, 0.15) is 37.0 Å². The van der Waals surface area contributed by atoms with E-state index < -0.39 is 0 Å². The second-order valence-electron chi connectivity index (χ2n) is 10.5. The number of methoxy groups -OCH3 is 1. The number of piperidine rings is 1. The van der Waals surface area contributed by atoms with Crippen molar-refractivity contribution in [3.8, 4) is 23.1 Å². The van der Waals surface area contributed by atoms with Gasteiger partial charge in [0.2, 0.25) is 5.88 Å². The summed E-state index contributed by atoms with van der Waals surface area (Å²) >= 11 is 0. The summed E-state index contributed by atoms with van der Waals surface area (Å²) in [6.45, 7) is 7.15. The van der Waals surface area contributed by atoms with Crippen LogP contribution in [0, 0.1) is 17.2 Å². The van der Waals surface area contributed by atoms with Gasteiger partial charge in [0.05, 0.1) is 24.4 Å². The van der Waals surface area contributed by atoms with E-state index in [1.54, 1.807) is 17.8 Å². The number of piperazine rings is 1. The molecule has 3 aliphatic rings. The van der Waals surface area contributed by atoms with Gasteiger partial charge in [-0.3, -0.25) is 4.90 Å². The average Bonchev–Trinajstić information content (AvgIpc) is 3.38. The summed E-state index contributed by atoms with van der Waals surface area (Å²) in [4.78, 5) is 14.2. The lowest BCUT2D eigenvalue weighted by molar-refractivity contribution is -0.00876. The molecule has 2 bridgehead atoms. The number of nitrogens with zero attached hydrogens (tertiary/aromatic N) is 7. The molecule has 0 radical (unpaired) electrons. The molecule has 0 aliphatic carbocycles. The Bertz CT molecular complexity index is 1500. The molecule has 4 aromatic rings. The molecule has 0 saturated carbocycles. The van der Waals surface area contributed by atoms with Gasteiger partial charge in [-0.1, -0.05) is 32.1 Å². The van der Waals surface area contributed by atoms with E-state index in [9.17, 15) is 5.26 Å². The summed E-state index contributed by atoms with van der Waals surface area (Å²) in [6.07, 6.45) is 12.9. The summed E-state index contributed by atoms with van der Waals surface area (Å²) in [6, 6.07) is 13.7. The second-order valence-corrected chi connectivity index (χ2v) is 10.5. The van der Waals surface area contributed by atoms with Crippen molar-refractivity contribution in [3.63, 3.8) is 0 Å². The van der Waals surface area contributed by atoms with Gasteiger partial charge in [0.25, 0.3) is 0 Å². The Labute approximate surface area is 222 Å². The molecule has 38 heavy (non-hydrogen) atoms. The Hall–Kier alpha value is -4.22. The highest BCUT2D eigenvalue weighted by atomic mass is 16.5. The molecule has 192 valence electrons. The lowest BCUT2D eigenvalue weighted by Crippen LogP contribution is -2.68. The topological polar surface area (TPSA) is 82.6 Å². The Morgan fingerprint density at radius 1 is 1.11 bits per heavy atom. The van der Waals surface area contributed by atoms with Crippen molar-refractivity contribution < 1.29 is 4.74 Å². The van der Waals surface area contributed by atoms with Gasteiger partial charge in [0.1, 0.15) is 11.9 Å². The standard InChI is InChI=1S/C30H31N7O/c1-20(2)4-5-21-10-27(30-24(12-31)15-34-37(30)17-21)23-7-8-28(32-14-23)35-18-25-11-26(19-35)36(25)16-22-6-9-29(38-3)33-13-22/h4-10,13-15,17,20,25-26H,11,16,18-19H2,1-3H3/b5-4+. The average molecular weight is 506 g/mol. The lowest BCUT2D eigenvalue weighted by atomic mass is 9.87. The number of nitriles is 1. The number of allylic oxidation sites excluding steroid dienone is 1. The van der Waals surface area contributed by atoms with Crippen molar-refractivity contribution in [1.82, 2.24) is 24.5 Å². The summed E-state index contributed by atoms with van der Waals surface area (Å²) in [5.41, 5.74) is 5.57. The lowest BCUT2D eigenvalue weighted by Gasteiger charge is -2.56. The highest BCUT2D eigenvalue weighted by Crippen LogP contribution is 2.36. The Morgan fingerprint density at radius 2 is 1.95 bits per heavy atom. The van der Waals surface area contributed by atoms with Gasteiger partial charge in [-0.05, 0) is 41.7 Å². The summed E-state index contributed by atoms with van der Waals surface area (Å²) < 4.78 is 6.98. The highest BCUT2D eigenvalue weighted by Gasteiger charge is 2.44. The van der Waals surface area contributed by atoms with Crippen LogP contribution in [0.2, 0.25) is 0 Å². The minimum Gasteiger partial charge on any atom is -0.481 e. The van der Waals surface area contributed by atoms with Gasteiger partial charge in [-0.2, -0.15) is 10.4 Å². The first-order valence-corrected chi connectivity index (χ1v) is 13.1. The van der Waals surface area contributed by atoms with Crippen LogP contribution in [0.25, 0.3) is 22.7 Å². The van der Waals surface area contributed by atoms with Crippen LogP contribution in [0.15, 0.2) is 61.2 Å². The van der Waals surface area contributed by atoms with E-state index in [4.69, 9.17) is 9.72 Å². The first kappa shape index (κ1) is 24.1. The van der Waals surface area contributed by atoms with Crippen molar-refractivity contribution in [3.05, 3.63) is 77.9 Å². The third-order valence-electron chi connectivity index (χ3n) is 7.53. The molecule has 0 aromatic carbocycles. The van der Waals surface area contributed by atoms with E-state index in [-0.39, 0.29) is 0 Å². The fourth-order valence-corrected chi connectivity index (χ4v) is 5.54. The summed E-state index contributed by atoms with van der Waals surface area (Å²) in [5.74, 6) is 2.09. The van der Waals surface area contributed by atoms with Gasteiger partial charge in [0, 0.05) is 67.5 Å². The zero-order valence-electron chi connectivity index (χ0n) is 22.0. The maximum atomic E-state index is 9.67. The predicted molar refractivity (Wildman–Crippen MR) is 148 cm³/mol. The Balaban J connectivity index is 1.20. The van der Waals surface area contributed by atoms with Gasteiger partial charge < -0.3 is 9.64 Å². The SMILES string of the molecule is COc1ccc(CN2C3CC2CN(c2ccc(-c4cc(/C=C/C(C)C)cn5ncc(C#N)c45)cn2)C3)cn1. The number of hydrogen-bond acceptors (Lipinski definition) is 7. The molecule has 0 N–H and O–H groups in total. The van der Waals surface area contributed by atoms with Crippen molar-refractivity contribution in [2.45, 2.75) is 38.9 Å². The Morgan fingerprint density at radius 3 is 2.61 bits per heavy atom. The van der Waals surface area contributed by atoms with E-state index in [1.807, 2.05) is 24.7 Å². The molecule has 0 amide bonds. The van der Waals surface area contributed by atoms with Crippen LogP contribution < -0.4 is 9.64 Å². The fourth-order valence-electron chi connectivity index (χ4n) is 5.54. The monoisotopic (exact) mass is 505 g/mol. The molecule has 8 nitrogen and oxygen atoms in total. The number of hydrogen-bond donors (Lipinski definition) is 0. The minimum absolute atomic E-state index is 0.446. The van der Waals surface area contributed by atoms with Crippen molar-refractivity contribution >= 4 is 17.4 Å². The van der Waals surface area contributed by atoms with Gasteiger partial charge in [-0.25, -0.2) is 14.5 Å². The highest BCUT2D eigenvalue weighted by molar-refractivity contribution is 5.85. The molecule has 3 saturated heterocycles. The second kappa shape index (κ2) is 9.92. The molecule has 7 heterocycles. The number of aromatic nitrogens is 4. The van der Waals surface area contributed by atoms with Gasteiger partial charge in [-0.15, -0.1) is 0 Å². The number of pyridine rings is 3. The summed E-state index contributed by atoms with van der Waals surface area (Å²) in [7, 11) is 1.64. The van der Waals surface area contributed by atoms with Crippen molar-refractivity contribution in [1.29, 1.82) is 5.26 Å². The van der Waals surface area contributed by atoms with Crippen LogP contribution >= 0.6 is 0 Å². The quantitative estimate of drug-likeness (QED) is 0.357. The first-order chi connectivity index (χ1) is 18.5. The third kappa shape index (κ3) is 4.50. The number of fused-ring (bicyclic) bond motifs is 3. The molecule has 3 aliphatic heterocycles. The van der Waals surface area contributed by atoms with Gasteiger partial charge >= 0.3 is 0 Å². The van der Waals surface area contributed by atoms with E-state index >= 15 is 0 Å². The van der Waals surface area contributed by atoms with Crippen molar-refractivity contribution in [2.24, 2.45) is 5.92 Å². The molecule has 2 atom stereocenters. The van der Waals surface area contributed by atoms with Crippen LogP contribution in [0.3, 0.4) is 0 Å². The van der Waals surface area contributed by atoms with E-state index in [2.05, 4.69) is 76.2 Å². The molecular formula is C30H31N7O. The van der Waals surface area contributed by atoms with E-state index in [1.165, 1.54) is 12.0 Å². The molecule has 8 heteroatoms. The summed E-state index contributed by atoms with van der Waals surface area (Å²) in [5, 5.41) is 14.1. The molecule has 0 spiro atoms. The van der Waals surface area contributed by atoms with Crippen LogP contribution in [-0.2, 0) is 6.54 Å². The Kier molecular flexibility index (Phi) is 6.30. The normalized spacial score (nSPS) is 19.2. The predicted octanol–water partition coefficient (Wildman–Crippen LogP) is 4.80. The van der Waals surface area contributed by atoms with E-state index in [0.29, 0.717) is 29.4 Å². The van der Waals surface area contributed by atoms with Crippen LogP contribution in [0.4, 0.5) is 5.82 Å². The van der Waals surface area contributed by atoms with Crippen molar-refractivity contribution in [2.75, 3.05) is 25.1 Å². The largest absolute Gasteiger partial charge is 0.481 e. The molecule has 2 unspecified atom stereocenters. The third-order valence-corrected chi connectivity index (χ3v) is 7.53. The minimum atomic E-state index is 0.446. The van der Waals surface area contributed by atoms with Crippen LogP contribution in [-0.4, -0.2) is 56.8 Å². The smallest absolute Gasteiger partial charge is 0.212 e.